The van der Waals surface area contributed by atoms with Crippen molar-refractivity contribution in [2.24, 2.45) is 0 Å². The molecule has 0 aliphatic heterocycles. The summed E-state index contributed by atoms with van der Waals surface area (Å²) in [5, 5.41) is 0. The average molecular weight is 345 g/mol. The molecule has 2 N–H and O–H groups in total. The second-order valence-electron chi connectivity index (χ2n) is 3.90. The van der Waals surface area contributed by atoms with Crippen molar-refractivity contribution in [2.45, 2.75) is 20.0 Å². The molecule has 110 valence electrons. The summed E-state index contributed by atoms with van der Waals surface area (Å²) < 4.78 is 10.5. The van der Waals surface area contributed by atoms with Crippen LogP contribution in [0, 0.1) is 0 Å². The quantitative estimate of drug-likeness (QED) is 0.610. The fourth-order valence-electron chi connectivity index (χ4n) is 1.42. The number of carbonyl (C=O) groups excluding carboxylic acids is 2. The van der Waals surface area contributed by atoms with E-state index in [1.165, 1.54) is 7.11 Å². The Bertz CT molecular complexity index is 493. The van der Waals surface area contributed by atoms with E-state index in [0.29, 0.717) is 22.3 Å². The second-order valence-corrected chi connectivity index (χ2v) is 4.75. The monoisotopic (exact) mass is 344 g/mol. The summed E-state index contributed by atoms with van der Waals surface area (Å²) in [7, 11) is 1.31. The van der Waals surface area contributed by atoms with Crippen molar-refractivity contribution >= 4 is 33.5 Å². The Morgan fingerprint density at radius 2 is 2.10 bits per heavy atom. The maximum Gasteiger partial charge on any atom is 0.337 e. The molecule has 0 aromatic heterocycles. The maximum atomic E-state index is 11.7. The number of benzene rings is 1. The lowest BCUT2D eigenvalue weighted by Crippen LogP contribution is -2.38. The van der Waals surface area contributed by atoms with Crippen LogP contribution in [-0.2, 0) is 14.3 Å². The molecule has 0 spiro atoms. The van der Waals surface area contributed by atoms with E-state index in [4.69, 9.17) is 4.74 Å². The molecule has 0 aliphatic rings. The molecule has 0 saturated heterocycles. The van der Waals surface area contributed by atoms with Gasteiger partial charge in [0.25, 0.3) is 5.91 Å². The van der Waals surface area contributed by atoms with Gasteiger partial charge in [0.1, 0.15) is 6.10 Å². The van der Waals surface area contributed by atoms with Gasteiger partial charge in [-0.25, -0.2) is 4.79 Å². The Morgan fingerprint density at radius 3 is 2.70 bits per heavy atom. The standard InChI is InChI=1S/C13H17BrN2O4/c1-4-20-8(2)12(17)16-15-11-7-9(13(18)19-3)5-6-10(11)14/h5-8,15H,4H2,1-3H3,(H,16,17)/t8-/m0/s1. The van der Waals surface area contributed by atoms with Crippen molar-refractivity contribution in [3.05, 3.63) is 28.2 Å². The van der Waals surface area contributed by atoms with Crippen molar-refractivity contribution in [3.8, 4) is 0 Å². The molecule has 0 radical (unpaired) electrons. The van der Waals surface area contributed by atoms with Crippen LogP contribution in [0.15, 0.2) is 22.7 Å². The molecule has 1 aromatic rings. The van der Waals surface area contributed by atoms with E-state index < -0.39 is 12.1 Å². The van der Waals surface area contributed by atoms with Crippen molar-refractivity contribution in [3.63, 3.8) is 0 Å². The fourth-order valence-corrected chi connectivity index (χ4v) is 1.77. The van der Waals surface area contributed by atoms with Crippen LogP contribution in [0.2, 0.25) is 0 Å². The van der Waals surface area contributed by atoms with Crippen LogP contribution in [0.3, 0.4) is 0 Å². The summed E-state index contributed by atoms with van der Waals surface area (Å²) in [5.74, 6) is -0.753. The molecule has 0 unspecified atom stereocenters. The van der Waals surface area contributed by atoms with Gasteiger partial charge in [0.2, 0.25) is 0 Å². The van der Waals surface area contributed by atoms with Gasteiger partial charge in [-0.05, 0) is 48.0 Å². The molecule has 7 heteroatoms. The van der Waals surface area contributed by atoms with Gasteiger partial charge in [0, 0.05) is 11.1 Å². The zero-order valence-electron chi connectivity index (χ0n) is 11.5. The van der Waals surface area contributed by atoms with Crippen molar-refractivity contribution in [2.75, 3.05) is 19.1 Å². The molecule has 1 atom stereocenters. The van der Waals surface area contributed by atoms with E-state index in [-0.39, 0.29) is 5.91 Å². The third-order valence-corrected chi connectivity index (χ3v) is 3.19. The first-order chi connectivity index (χ1) is 9.49. The van der Waals surface area contributed by atoms with E-state index >= 15 is 0 Å². The first-order valence-corrected chi connectivity index (χ1v) is 6.84. The average Bonchev–Trinajstić information content (AvgIpc) is 2.45. The summed E-state index contributed by atoms with van der Waals surface area (Å²) in [4.78, 5) is 23.1. The smallest absolute Gasteiger partial charge is 0.337 e. The first kappa shape index (κ1) is 16.5. The number of amides is 1. The van der Waals surface area contributed by atoms with Crippen molar-refractivity contribution < 1.29 is 19.1 Å². The van der Waals surface area contributed by atoms with Crippen LogP contribution >= 0.6 is 15.9 Å². The van der Waals surface area contributed by atoms with E-state index in [9.17, 15) is 9.59 Å². The Labute approximate surface area is 125 Å². The predicted molar refractivity (Wildman–Crippen MR) is 78.3 cm³/mol. The van der Waals surface area contributed by atoms with Gasteiger partial charge in [-0.15, -0.1) is 0 Å². The molecule has 0 saturated carbocycles. The van der Waals surface area contributed by atoms with Gasteiger partial charge in [-0.2, -0.15) is 0 Å². The largest absolute Gasteiger partial charge is 0.465 e. The molecule has 0 heterocycles. The number of carbonyl (C=O) groups is 2. The Balaban J connectivity index is 2.72. The molecule has 6 nitrogen and oxygen atoms in total. The number of anilines is 1. The van der Waals surface area contributed by atoms with Crippen LogP contribution < -0.4 is 10.9 Å². The second kappa shape index (κ2) is 7.86. The lowest BCUT2D eigenvalue weighted by Gasteiger charge is -2.15. The summed E-state index contributed by atoms with van der Waals surface area (Å²) >= 11 is 3.32. The van der Waals surface area contributed by atoms with E-state index in [1.807, 2.05) is 6.92 Å². The molecule has 0 aliphatic carbocycles. The highest BCUT2D eigenvalue weighted by Gasteiger charge is 2.13. The van der Waals surface area contributed by atoms with Gasteiger partial charge in [-0.1, -0.05) is 0 Å². The molecular formula is C13H17BrN2O4. The van der Waals surface area contributed by atoms with Crippen LogP contribution in [0.5, 0.6) is 0 Å². The number of ether oxygens (including phenoxy) is 2. The summed E-state index contributed by atoms with van der Waals surface area (Å²) in [6.45, 7) is 3.92. The van der Waals surface area contributed by atoms with E-state index in [2.05, 4.69) is 31.5 Å². The fraction of sp³-hybridized carbons (Fsp3) is 0.385. The predicted octanol–water partition coefficient (Wildman–Crippen LogP) is 2.10. The Hall–Kier alpha value is -1.60. The zero-order chi connectivity index (χ0) is 15.1. The number of halogens is 1. The summed E-state index contributed by atoms with van der Waals surface area (Å²) in [5.41, 5.74) is 6.18. The molecule has 0 fully saturated rings. The highest BCUT2D eigenvalue weighted by molar-refractivity contribution is 9.10. The topological polar surface area (TPSA) is 76.7 Å². The van der Waals surface area contributed by atoms with Gasteiger partial charge >= 0.3 is 5.97 Å². The first-order valence-electron chi connectivity index (χ1n) is 6.05. The summed E-state index contributed by atoms with van der Waals surface area (Å²) in [6.07, 6.45) is -0.560. The Kier molecular flexibility index (Phi) is 6.47. The normalized spacial score (nSPS) is 11.6. The number of hydrogen-bond acceptors (Lipinski definition) is 5. The number of methoxy groups -OCH3 is 1. The minimum atomic E-state index is -0.560. The third kappa shape index (κ3) is 4.50. The summed E-state index contributed by atoms with van der Waals surface area (Å²) in [6, 6.07) is 4.87. The highest BCUT2D eigenvalue weighted by Crippen LogP contribution is 2.23. The number of hydrazine groups is 1. The van der Waals surface area contributed by atoms with Crippen molar-refractivity contribution in [1.29, 1.82) is 0 Å². The third-order valence-electron chi connectivity index (χ3n) is 2.49. The maximum absolute atomic E-state index is 11.7. The van der Waals surface area contributed by atoms with E-state index in [1.54, 1.807) is 25.1 Å². The van der Waals surface area contributed by atoms with Crippen LogP contribution in [-0.4, -0.2) is 31.7 Å². The van der Waals surface area contributed by atoms with Crippen molar-refractivity contribution in [1.82, 2.24) is 5.43 Å². The number of hydrogen-bond donors (Lipinski definition) is 2. The highest BCUT2D eigenvalue weighted by atomic mass is 79.9. The Morgan fingerprint density at radius 1 is 1.40 bits per heavy atom. The van der Waals surface area contributed by atoms with Crippen LogP contribution in [0.1, 0.15) is 24.2 Å². The minimum Gasteiger partial charge on any atom is -0.465 e. The number of nitrogens with one attached hydrogen (secondary N) is 2. The number of rotatable bonds is 6. The molecule has 1 amide bonds. The molecule has 0 bridgehead atoms. The van der Waals surface area contributed by atoms with E-state index in [0.717, 1.165) is 0 Å². The number of esters is 1. The molecular weight excluding hydrogens is 328 g/mol. The molecule has 1 aromatic carbocycles. The van der Waals surface area contributed by atoms with Crippen LogP contribution in [0.25, 0.3) is 0 Å². The lowest BCUT2D eigenvalue weighted by molar-refractivity contribution is -0.130. The zero-order valence-corrected chi connectivity index (χ0v) is 13.1. The van der Waals surface area contributed by atoms with Crippen LogP contribution in [0.4, 0.5) is 5.69 Å². The van der Waals surface area contributed by atoms with Gasteiger partial charge in [0.15, 0.2) is 0 Å². The van der Waals surface area contributed by atoms with Gasteiger partial charge in [-0.3, -0.25) is 15.6 Å². The van der Waals surface area contributed by atoms with Gasteiger partial charge in [0.05, 0.1) is 18.4 Å². The minimum absolute atomic E-state index is 0.303. The SMILES string of the molecule is CCO[C@@H](C)C(=O)NNc1cc(C(=O)OC)ccc1Br. The van der Waals surface area contributed by atoms with Gasteiger partial charge < -0.3 is 9.47 Å². The lowest BCUT2D eigenvalue weighted by atomic mass is 10.2. The molecule has 20 heavy (non-hydrogen) atoms. The molecule has 1 rings (SSSR count).